The molecule has 6 heteroatoms. The fraction of sp³-hybridized carbons (Fsp3) is 0.227. The van der Waals surface area contributed by atoms with Crippen LogP contribution in [0.5, 0.6) is 0 Å². The number of nitrogens with zero attached hydrogens (tertiary/aromatic N) is 1. The molecule has 0 bridgehead atoms. The summed E-state index contributed by atoms with van der Waals surface area (Å²) in [6.45, 7) is -0.392. The molecule has 2 amide bonds. The van der Waals surface area contributed by atoms with E-state index in [0.29, 0.717) is 11.1 Å². The fourth-order valence-corrected chi connectivity index (χ4v) is 3.98. The molecule has 0 saturated carbocycles. The van der Waals surface area contributed by atoms with Crippen molar-refractivity contribution in [3.8, 4) is 0 Å². The molecule has 140 valence electrons. The van der Waals surface area contributed by atoms with Crippen molar-refractivity contribution in [1.82, 2.24) is 4.90 Å². The molecule has 28 heavy (non-hydrogen) atoms. The van der Waals surface area contributed by atoms with Crippen LogP contribution >= 0.6 is 0 Å². The minimum atomic E-state index is -0.514. The van der Waals surface area contributed by atoms with Crippen molar-refractivity contribution in [2.45, 2.75) is 25.7 Å². The Bertz CT molecular complexity index is 1110. The molecule has 0 N–H and O–H groups in total. The SMILES string of the molecule is O=C(Cc1coc2cc3c(cc12)CCC3)OCN1C(=O)c2ccccc2C1=O. The highest BCUT2D eigenvalue weighted by atomic mass is 16.5. The van der Waals surface area contributed by atoms with Crippen molar-refractivity contribution in [2.75, 3.05) is 6.73 Å². The molecule has 1 aromatic heterocycles. The average molecular weight is 375 g/mol. The Morgan fingerprint density at radius 2 is 1.71 bits per heavy atom. The van der Waals surface area contributed by atoms with Crippen LogP contribution in [0.3, 0.4) is 0 Å². The monoisotopic (exact) mass is 375 g/mol. The molecule has 0 atom stereocenters. The standard InChI is InChI=1S/C22H17NO5/c24-20(28-12-23-21(25)16-6-1-2-7-17(16)22(23)26)10-15-11-27-19-9-14-5-3-4-13(14)8-18(15)19/h1-2,6-9,11H,3-5,10,12H2. The lowest BCUT2D eigenvalue weighted by Gasteiger charge is -2.13. The second-order valence-corrected chi connectivity index (χ2v) is 7.14. The van der Waals surface area contributed by atoms with E-state index in [-0.39, 0.29) is 6.42 Å². The van der Waals surface area contributed by atoms with Crippen LogP contribution in [0.4, 0.5) is 0 Å². The highest BCUT2D eigenvalue weighted by molar-refractivity contribution is 6.21. The number of aryl methyl sites for hydroxylation is 2. The van der Waals surface area contributed by atoms with Crippen LogP contribution in [0.2, 0.25) is 0 Å². The topological polar surface area (TPSA) is 76.8 Å². The predicted octanol–water partition coefficient (Wildman–Crippen LogP) is 3.26. The first-order chi connectivity index (χ1) is 13.6. The summed E-state index contributed by atoms with van der Waals surface area (Å²) in [5.41, 5.74) is 4.79. The van der Waals surface area contributed by atoms with E-state index in [4.69, 9.17) is 9.15 Å². The zero-order chi connectivity index (χ0) is 19.3. The molecule has 6 nitrogen and oxygen atoms in total. The third-order valence-corrected chi connectivity index (χ3v) is 5.44. The number of esters is 1. The van der Waals surface area contributed by atoms with Gasteiger partial charge in [-0.25, -0.2) is 4.90 Å². The molecular weight excluding hydrogens is 358 g/mol. The van der Waals surface area contributed by atoms with Gasteiger partial charge in [0.1, 0.15) is 5.58 Å². The summed E-state index contributed by atoms with van der Waals surface area (Å²) in [5, 5.41) is 0.915. The van der Waals surface area contributed by atoms with Crippen LogP contribution in [0, 0.1) is 0 Å². The third-order valence-electron chi connectivity index (χ3n) is 5.44. The molecule has 0 radical (unpaired) electrons. The second-order valence-electron chi connectivity index (χ2n) is 7.14. The number of fused-ring (bicyclic) bond motifs is 3. The molecule has 0 fully saturated rings. The first-order valence-electron chi connectivity index (χ1n) is 9.24. The van der Waals surface area contributed by atoms with Gasteiger partial charge in [0.25, 0.3) is 11.8 Å². The quantitative estimate of drug-likeness (QED) is 0.517. The minimum absolute atomic E-state index is 0.0228. The number of ether oxygens (including phenoxy) is 1. The van der Waals surface area contributed by atoms with E-state index < -0.39 is 24.5 Å². The Morgan fingerprint density at radius 3 is 2.43 bits per heavy atom. The van der Waals surface area contributed by atoms with Crippen LogP contribution in [0.15, 0.2) is 47.1 Å². The highest BCUT2D eigenvalue weighted by Gasteiger charge is 2.35. The largest absolute Gasteiger partial charge is 0.464 e. The summed E-state index contributed by atoms with van der Waals surface area (Å²) >= 11 is 0. The number of hydrogen-bond donors (Lipinski definition) is 0. The normalized spacial score (nSPS) is 15.2. The first-order valence-corrected chi connectivity index (χ1v) is 9.24. The maximum Gasteiger partial charge on any atom is 0.312 e. The molecule has 2 aliphatic rings. The van der Waals surface area contributed by atoms with Crippen molar-refractivity contribution in [3.63, 3.8) is 0 Å². The lowest BCUT2D eigenvalue weighted by atomic mass is 10.0. The zero-order valence-corrected chi connectivity index (χ0v) is 15.1. The fourth-order valence-electron chi connectivity index (χ4n) is 3.98. The zero-order valence-electron chi connectivity index (χ0n) is 15.1. The van der Waals surface area contributed by atoms with Gasteiger partial charge in [-0.1, -0.05) is 12.1 Å². The van der Waals surface area contributed by atoms with Gasteiger partial charge in [-0.05, 0) is 54.7 Å². The van der Waals surface area contributed by atoms with Crippen LogP contribution in [0.25, 0.3) is 11.0 Å². The van der Waals surface area contributed by atoms with E-state index in [1.807, 2.05) is 6.07 Å². The third kappa shape index (κ3) is 2.60. The number of carbonyl (C=O) groups is 3. The van der Waals surface area contributed by atoms with Crippen LogP contribution < -0.4 is 0 Å². The molecule has 0 spiro atoms. The number of benzene rings is 2. The van der Waals surface area contributed by atoms with Gasteiger partial charge in [-0.2, -0.15) is 0 Å². The summed E-state index contributed by atoms with van der Waals surface area (Å²) in [6, 6.07) is 10.7. The van der Waals surface area contributed by atoms with Gasteiger partial charge in [-0.3, -0.25) is 14.4 Å². The number of hydrogen-bond acceptors (Lipinski definition) is 5. The molecule has 1 aliphatic heterocycles. The second kappa shape index (κ2) is 6.34. The summed E-state index contributed by atoms with van der Waals surface area (Å²) in [4.78, 5) is 37.9. The molecule has 1 aliphatic carbocycles. The molecule has 0 unspecified atom stereocenters. The smallest absolute Gasteiger partial charge is 0.312 e. The first kappa shape index (κ1) is 16.7. The van der Waals surface area contributed by atoms with E-state index >= 15 is 0 Å². The average Bonchev–Trinajstić information content (AvgIpc) is 3.37. The molecule has 5 rings (SSSR count). The lowest BCUT2D eigenvalue weighted by Crippen LogP contribution is -2.33. The number of imide groups is 1. The van der Waals surface area contributed by atoms with Crippen molar-refractivity contribution in [1.29, 1.82) is 0 Å². The number of amides is 2. The number of carbonyl (C=O) groups excluding carboxylic acids is 3. The molecule has 3 aromatic rings. The van der Waals surface area contributed by atoms with Gasteiger partial charge in [0.05, 0.1) is 23.8 Å². The Kier molecular flexibility index (Phi) is 3.79. The summed E-state index contributed by atoms with van der Waals surface area (Å²) in [6.07, 6.45) is 4.83. The maximum absolute atomic E-state index is 12.3. The summed E-state index contributed by atoms with van der Waals surface area (Å²) in [7, 11) is 0. The van der Waals surface area contributed by atoms with Gasteiger partial charge in [0, 0.05) is 10.9 Å². The van der Waals surface area contributed by atoms with Crippen molar-refractivity contribution in [3.05, 3.63) is 70.5 Å². The molecule has 0 saturated heterocycles. The van der Waals surface area contributed by atoms with Crippen molar-refractivity contribution in [2.24, 2.45) is 0 Å². The van der Waals surface area contributed by atoms with Gasteiger partial charge >= 0.3 is 5.97 Å². The van der Waals surface area contributed by atoms with Gasteiger partial charge in [0.15, 0.2) is 6.73 Å². The number of rotatable bonds is 4. The predicted molar refractivity (Wildman–Crippen MR) is 99.8 cm³/mol. The van der Waals surface area contributed by atoms with E-state index in [1.54, 1.807) is 30.5 Å². The van der Waals surface area contributed by atoms with Crippen LogP contribution in [0.1, 0.15) is 43.8 Å². The Labute approximate surface area is 160 Å². The van der Waals surface area contributed by atoms with Crippen LogP contribution in [-0.2, 0) is 28.8 Å². The van der Waals surface area contributed by atoms with Gasteiger partial charge in [-0.15, -0.1) is 0 Å². The van der Waals surface area contributed by atoms with Crippen molar-refractivity contribution < 1.29 is 23.5 Å². The Morgan fingerprint density at radius 1 is 1.04 bits per heavy atom. The van der Waals surface area contributed by atoms with Gasteiger partial charge < -0.3 is 9.15 Å². The number of furan rings is 1. The van der Waals surface area contributed by atoms with Gasteiger partial charge in [0.2, 0.25) is 0 Å². The lowest BCUT2D eigenvalue weighted by molar-refractivity contribution is -0.145. The van der Waals surface area contributed by atoms with E-state index in [2.05, 4.69) is 6.07 Å². The Hall–Kier alpha value is -3.41. The van der Waals surface area contributed by atoms with E-state index in [9.17, 15) is 14.4 Å². The summed E-state index contributed by atoms with van der Waals surface area (Å²) in [5.74, 6) is -1.41. The molecular formula is C22H17NO5. The minimum Gasteiger partial charge on any atom is -0.464 e. The summed E-state index contributed by atoms with van der Waals surface area (Å²) < 4.78 is 10.8. The molecule has 2 aromatic carbocycles. The highest BCUT2D eigenvalue weighted by Crippen LogP contribution is 2.30. The van der Waals surface area contributed by atoms with Crippen molar-refractivity contribution >= 4 is 28.8 Å². The van der Waals surface area contributed by atoms with E-state index in [1.165, 1.54) is 11.1 Å². The molecule has 2 heterocycles. The maximum atomic E-state index is 12.3. The Balaban J connectivity index is 1.28. The van der Waals surface area contributed by atoms with E-state index in [0.717, 1.165) is 40.7 Å². The van der Waals surface area contributed by atoms with Crippen LogP contribution in [-0.4, -0.2) is 29.4 Å².